The van der Waals surface area contributed by atoms with E-state index in [1.807, 2.05) is 0 Å². The van der Waals surface area contributed by atoms with Crippen LogP contribution in [-0.2, 0) is 6.54 Å². The van der Waals surface area contributed by atoms with Gasteiger partial charge in [0.25, 0.3) is 0 Å². The van der Waals surface area contributed by atoms with E-state index in [1.54, 1.807) is 0 Å². The minimum atomic E-state index is -4.59. The monoisotopic (exact) mass is 256 g/mol. The molecule has 0 aliphatic rings. The van der Waals surface area contributed by atoms with Gasteiger partial charge in [-0.2, -0.15) is 18.4 Å². The number of hydrogen-bond donors (Lipinski definition) is 1. The number of fused-ring (bicyclic) bond motifs is 1. The van der Waals surface area contributed by atoms with Gasteiger partial charge in [-0.15, -0.1) is 0 Å². The van der Waals surface area contributed by atoms with Crippen molar-refractivity contribution in [1.82, 2.24) is 19.5 Å². The molecule has 0 fully saturated rings. The molecule has 0 aliphatic carbocycles. The van der Waals surface area contributed by atoms with Crippen molar-refractivity contribution in [3.8, 4) is 6.07 Å². The van der Waals surface area contributed by atoms with Crippen molar-refractivity contribution in [2.75, 3.05) is 5.73 Å². The second-order valence-electron chi connectivity index (χ2n) is 3.55. The molecule has 18 heavy (non-hydrogen) atoms. The molecule has 0 spiro atoms. The lowest BCUT2D eigenvalue weighted by molar-refractivity contribution is -0.161. The van der Waals surface area contributed by atoms with Crippen molar-refractivity contribution in [1.29, 1.82) is 5.26 Å². The molecule has 6 nitrogen and oxygen atoms in total. The zero-order valence-electron chi connectivity index (χ0n) is 8.89. The van der Waals surface area contributed by atoms with Crippen molar-refractivity contribution in [3.05, 3.63) is 12.7 Å². The first-order valence-corrected chi connectivity index (χ1v) is 4.81. The van der Waals surface area contributed by atoms with Crippen molar-refractivity contribution >= 4 is 17.0 Å². The number of halogens is 3. The first-order chi connectivity index (χ1) is 8.43. The topological polar surface area (TPSA) is 93.4 Å². The lowest BCUT2D eigenvalue weighted by Gasteiger charge is -2.13. The molecule has 0 amide bonds. The smallest absolute Gasteiger partial charge is 0.382 e. The number of anilines is 1. The number of aromatic nitrogens is 4. The molecular weight excluding hydrogens is 249 g/mol. The molecule has 0 saturated heterocycles. The maximum Gasteiger partial charge on any atom is 0.406 e. The maximum absolute atomic E-state index is 12.5. The SMILES string of the molecule is N#CC(Cn1cnc2c(N)ncnc21)C(F)(F)F. The van der Waals surface area contributed by atoms with E-state index in [4.69, 9.17) is 11.0 Å². The normalized spacial score (nSPS) is 13.4. The van der Waals surface area contributed by atoms with Gasteiger partial charge < -0.3 is 10.3 Å². The predicted octanol–water partition coefficient (Wildman–Crippen LogP) is 1.11. The summed E-state index contributed by atoms with van der Waals surface area (Å²) in [4.78, 5) is 11.3. The lowest BCUT2D eigenvalue weighted by Crippen LogP contribution is -2.25. The Morgan fingerprint density at radius 3 is 2.72 bits per heavy atom. The first-order valence-electron chi connectivity index (χ1n) is 4.81. The number of imidazole rings is 1. The summed E-state index contributed by atoms with van der Waals surface area (Å²) >= 11 is 0. The zero-order chi connectivity index (χ0) is 13.3. The highest BCUT2D eigenvalue weighted by Crippen LogP contribution is 2.28. The number of nitrogens with zero attached hydrogens (tertiary/aromatic N) is 5. The van der Waals surface area contributed by atoms with Gasteiger partial charge in [-0.3, -0.25) is 0 Å². The van der Waals surface area contributed by atoms with E-state index < -0.39 is 18.6 Å². The van der Waals surface area contributed by atoms with Crippen LogP contribution in [0.4, 0.5) is 19.0 Å². The van der Waals surface area contributed by atoms with Crippen LogP contribution in [0.3, 0.4) is 0 Å². The minimum absolute atomic E-state index is 0.0827. The van der Waals surface area contributed by atoms with Crippen molar-refractivity contribution in [2.24, 2.45) is 5.92 Å². The van der Waals surface area contributed by atoms with Gasteiger partial charge in [0.1, 0.15) is 11.8 Å². The van der Waals surface area contributed by atoms with Crippen LogP contribution in [0.25, 0.3) is 11.2 Å². The van der Waals surface area contributed by atoms with Crippen molar-refractivity contribution < 1.29 is 13.2 Å². The molecule has 2 aromatic heterocycles. The Hall–Kier alpha value is -2.37. The molecule has 0 aliphatic heterocycles. The van der Waals surface area contributed by atoms with Gasteiger partial charge >= 0.3 is 6.18 Å². The molecule has 0 saturated carbocycles. The molecule has 0 radical (unpaired) electrons. The fourth-order valence-corrected chi connectivity index (χ4v) is 1.45. The molecule has 9 heteroatoms. The van der Waals surface area contributed by atoms with E-state index in [0.29, 0.717) is 0 Å². The highest BCUT2D eigenvalue weighted by molar-refractivity contribution is 5.81. The summed E-state index contributed by atoms with van der Waals surface area (Å²) < 4.78 is 38.6. The van der Waals surface area contributed by atoms with Crippen LogP contribution in [0, 0.1) is 17.2 Å². The van der Waals surface area contributed by atoms with Crippen LogP contribution in [0.2, 0.25) is 0 Å². The average Bonchev–Trinajstić information content (AvgIpc) is 2.69. The minimum Gasteiger partial charge on any atom is -0.382 e. The van der Waals surface area contributed by atoms with Crippen LogP contribution >= 0.6 is 0 Å². The third-order valence-corrected chi connectivity index (χ3v) is 2.36. The standard InChI is InChI=1S/C9H7F3N6/c10-9(11,12)5(1-13)2-18-4-17-6-7(14)15-3-16-8(6)18/h3-5H,2H2,(H2,14,15,16). The van der Waals surface area contributed by atoms with Crippen LogP contribution in [0.5, 0.6) is 0 Å². The Bertz CT molecular complexity index is 611. The number of nitriles is 1. The van der Waals surface area contributed by atoms with Crippen molar-refractivity contribution in [2.45, 2.75) is 12.7 Å². The Labute approximate surface area is 98.9 Å². The van der Waals surface area contributed by atoms with E-state index in [1.165, 1.54) is 6.07 Å². The summed E-state index contributed by atoms with van der Waals surface area (Å²) in [6.45, 7) is -0.576. The number of nitrogen functional groups attached to an aromatic ring is 1. The van der Waals surface area contributed by atoms with Crippen LogP contribution in [-0.4, -0.2) is 25.7 Å². The summed E-state index contributed by atoms with van der Waals surface area (Å²) in [5, 5.41) is 8.53. The third-order valence-electron chi connectivity index (χ3n) is 2.36. The molecule has 2 heterocycles. The summed E-state index contributed by atoms with van der Waals surface area (Å²) in [7, 11) is 0. The number of nitrogens with two attached hydrogens (primary N) is 1. The van der Waals surface area contributed by atoms with Gasteiger partial charge in [-0.1, -0.05) is 0 Å². The zero-order valence-corrected chi connectivity index (χ0v) is 8.89. The molecule has 2 N–H and O–H groups in total. The molecular formula is C9H7F3N6. The lowest BCUT2D eigenvalue weighted by atomic mass is 10.1. The molecule has 2 aromatic rings. The van der Waals surface area contributed by atoms with Gasteiger partial charge in [0.05, 0.1) is 18.9 Å². The average molecular weight is 256 g/mol. The first kappa shape index (κ1) is 12.1. The second-order valence-corrected chi connectivity index (χ2v) is 3.55. The fraction of sp³-hybridized carbons (Fsp3) is 0.333. The van der Waals surface area contributed by atoms with Gasteiger partial charge in [0.2, 0.25) is 0 Å². The molecule has 0 bridgehead atoms. The highest BCUT2D eigenvalue weighted by atomic mass is 19.4. The van der Waals surface area contributed by atoms with Crippen LogP contribution in [0.1, 0.15) is 0 Å². The summed E-state index contributed by atoms with van der Waals surface area (Å²) in [5.41, 5.74) is 5.90. The number of hydrogen-bond acceptors (Lipinski definition) is 5. The maximum atomic E-state index is 12.5. The molecule has 1 unspecified atom stereocenters. The van der Waals surface area contributed by atoms with Crippen LogP contribution in [0.15, 0.2) is 12.7 Å². The Morgan fingerprint density at radius 2 is 2.11 bits per heavy atom. The van der Waals surface area contributed by atoms with E-state index in [-0.39, 0.29) is 17.0 Å². The second kappa shape index (κ2) is 4.14. The van der Waals surface area contributed by atoms with E-state index in [9.17, 15) is 13.2 Å². The Kier molecular flexibility index (Phi) is 2.78. The van der Waals surface area contributed by atoms with E-state index in [0.717, 1.165) is 17.2 Å². The Balaban J connectivity index is 2.39. The quantitative estimate of drug-likeness (QED) is 0.868. The van der Waals surface area contributed by atoms with E-state index >= 15 is 0 Å². The largest absolute Gasteiger partial charge is 0.406 e. The highest BCUT2D eigenvalue weighted by Gasteiger charge is 2.40. The fourth-order valence-electron chi connectivity index (χ4n) is 1.45. The van der Waals surface area contributed by atoms with Crippen molar-refractivity contribution in [3.63, 3.8) is 0 Å². The number of alkyl halides is 3. The predicted molar refractivity (Wildman–Crippen MR) is 54.9 cm³/mol. The summed E-state index contributed by atoms with van der Waals surface area (Å²) in [6, 6.07) is 1.21. The van der Waals surface area contributed by atoms with Gasteiger partial charge in [-0.25, -0.2) is 15.0 Å². The number of rotatable bonds is 2. The van der Waals surface area contributed by atoms with Gasteiger partial charge in [-0.05, 0) is 0 Å². The van der Waals surface area contributed by atoms with Gasteiger partial charge in [0.15, 0.2) is 17.4 Å². The Morgan fingerprint density at radius 1 is 1.39 bits per heavy atom. The third kappa shape index (κ3) is 2.04. The molecule has 1 atom stereocenters. The summed E-state index contributed by atoms with van der Waals surface area (Å²) in [6.07, 6.45) is -2.31. The van der Waals surface area contributed by atoms with Gasteiger partial charge in [0, 0.05) is 0 Å². The van der Waals surface area contributed by atoms with Crippen LogP contribution < -0.4 is 5.73 Å². The summed E-state index contributed by atoms with van der Waals surface area (Å²) in [5.74, 6) is -2.04. The molecule has 0 aromatic carbocycles. The molecule has 2 rings (SSSR count). The van der Waals surface area contributed by atoms with E-state index in [2.05, 4.69) is 15.0 Å². The molecule has 94 valence electrons.